The number of carbonyl (C=O) groups excluding carboxylic acids is 1. The van der Waals surface area contributed by atoms with Crippen LogP contribution in [-0.4, -0.2) is 24.0 Å². The molecule has 86 valence electrons. The van der Waals surface area contributed by atoms with Crippen LogP contribution in [0, 0.1) is 5.92 Å². The molecule has 0 radical (unpaired) electrons. The molecule has 0 aliphatic carbocycles. The van der Waals surface area contributed by atoms with Gasteiger partial charge < -0.3 is 10.6 Å². The fourth-order valence-electron chi connectivity index (χ4n) is 1.75. The lowest BCUT2D eigenvalue weighted by Crippen LogP contribution is -2.37. The summed E-state index contributed by atoms with van der Waals surface area (Å²) in [6, 6.07) is 3.65. The Labute approximate surface area is 103 Å². The first-order valence-corrected chi connectivity index (χ1v) is 6.18. The van der Waals surface area contributed by atoms with Gasteiger partial charge in [0.1, 0.15) is 5.82 Å². The SMILES string of the molecule is O=C(Nc1ccc(Br)cn1)C1CCCNC1. The number of hydrogen-bond acceptors (Lipinski definition) is 3. The van der Waals surface area contributed by atoms with Gasteiger partial charge in [0.25, 0.3) is 0 Å². The third-order valence-electron chi connectivity index (χ3n) is 2.65. The molecule has 5 heteroatoms. The van der Waals surface area contributed by atoms with Crippen LogP contribution < -0.4 is 10.6 Å². The zero-order valence-electron chi connectivity index (χ0n) is 8.87. The minimum Gasteiger partial charge on any atom is -0.316 e. The average Bonchev–Trinajstić information content (AvgIpc) is 2.33. The highest BCUT2D eigenvalue weighted by Crippen LogP contribution is 2.14. The van der Waals surface area contributed by atoms with Gasteiger partial charge in [0.2, 0.25) is 5.91 Å². The molecule has 0 spiro atoms. The summed E-state index contributed by atoms with van der Waals surface area (Å²) in [6.07, 6.45) is 3.69. The Bertz CT molecular complexity index is 360. The molecule has 1 unspecified atom stereocenters. The number of halogens is 1. The van der Waals surface area contributed by atoms with Crippen molar-refractivity contribution in [3.63, 3.8) is 0 Å². The van der Waals surface area contributed by atoms with Crippen LogP contribution in [0.15, 0.2) is 22.8 Å². The first-order valence-electron chi connectivity index (χ1n) is 5.39. The van der Waals surface area contributed by atoms with E-state index in [0.717, 1.165) is 30.4 Å². The second kappa shape index (κ2) is 5.41. The van der Waals surface area contributed by atoms with Crippen LogP contribution in [0.3, 0.4) is 0 Å². The molecule has 4 nitrogen and oxygen atoms in total. The van der Waals surface area contributed by atoms with Crippen molar-refractivity contribution >= 4 is 27.7 Å². The van der Waals surface area contributed by atoms with Gasteiger partial charge in [-0.2, -0.15) is 0 Å². The minimum atomic E-state index is 0.0574. The summed E-state index contributed by atoms with van der Waals surface area (Å²) >= 11 is 3.30. The number of nitrogens with zero attached hydrogens (tertiary/aromatic N) is 1. The summed E-state index contributed by atoms with van der Waals surface area (Å²) < 4.78 is 0.907. The van der Waals surface area contributed by atoms with Crippen LogP contribution in [0.5, 0.6) is 0 Å². The number of hydrogen-bond donors (Lipinski definition) is 2. The van der Waals surface area contributed by atoms with Crippen LogP contribution in [0.2, 0.25) is 0 Å². The second-order valence-electron chi connectivity index (χ2n) is 3.89. The topological polar surface area (TPSA) is 54.0 Å². The van der Waals surface area contributed by atoms with E-state index in [1.165, 1.54) is 0 Å². The number of pyridine rings is 1. The van der Waals surface area contributed by atoms with Crippen molar-refractivity contribution in [2.24, 2.45) is 5.92 Å². The molecule has 1 fully saturated rings. The third-order valence-corrected chi connectivity index (χ3v) is 3.12. The highest BCUT2D eigenvalue weighted by molar-refractivity contribution is 9.10. The Morgan fingerprint density at radius 1 is 1.56 bits per heavy atom. The molecule has 2 rings (SSSR count). The molecule has 1 aromatic heterocycles. The van der Waals surface area contributed by atoms with Gasteiger partial charge >= 0.3 is 0 Å². The van der Waals surface area contributed by atoms with Crippen LogP contribution >= 0.6 is 15.9 Å². The van der Waals surface area contributed by atoms with Crippen molar-refractivity contribution in [3.05, 3.63) is 22.8 Å². The normalized spacial score (nSPS) is 20.4. The molecule has 0 saturated carbocycles. The number of anilines is 1. The van der Waals surface area contributed by atoms with Gasteiger partial charge in [0.05, 0.1) is 5.92 Å². The molecular formula is C11H14BrN3O. The maximum atomic E-state index is 11.8. The zero-order chi connectivity index (χ0) is 11.4. The highest BCUT2D eigenvalue weighted by atomic mass is 79.9. The molecule has 1 atom stereocenters. The Morgan fingerprint density at radius 2 is 2.44 bits per heavy atom. The molecule has 2 heterocycles. The lowest BCUT2D eigenvalue weighted by molar-refractivity contribution is -0.120. The Hall–Kier alpha value is -0.940. The van der Waals surface area contributed by atoms with E-state index in [-0.39, 0.29) is 11.8 Å². The Morgan fingerprint density at radius 3 is 3.06 bits per heavy atom. The predicted molar refractivity (Wildman–Crippen MR) is 66.2 cm³/mol. The predicted octanol–water partition coefficient (Wildman–Crippen LogP) is 1.78. The first kappa shape index (κ1) is 11.5. The third kappa shape index (κ3) is 3.02. The van der Waals surface area contributed by atoms with Gasteiger partial charge in [-0.05, 0) is 47.4 Å². The van der Waals surface area contributed by atoms with Crippen LogP contribution in [-0.2, 0) is 4.79 Å². The largest absolute Gasteiger partial charge is 0.316 e. The van der Waals surface area contributed by atoms with Crippen molar-refractivity contribution in [3.8, 4) is 0 Å². The van der Waals surface area contributed by atoms with E-state index in [1.807, 2.05) is 6.07 Å². The Kier molecular flexibility index (Phi) is 3.90. The maximum absolute atomic E-state index is 11.8. The van der Waals surface area contributed by atoms with Gasteiger partial charge in [0, 0.05) is 17.2 Å². The van der Waals surface area contributed by atoms with E-state index in [4.69, 9.17) is 0 Å². The number of nitrogens with one attached hydrogen (secondary N) is 2. The summed E-state index contributed by atoms with van der Waals surface area (Å²) in [4.78, 5) is 16.0. The highest BCUT2D eigenvalue weighted by Gasteiger charge is 2.20. The fourth-order valence-corrected chi connectivity index (χ4v) is 1.99. The number of rotatable bonds is 2. The fraction of sp³-hybridized carbons (Fsp3) is 0.455. The first-order chi connectivity index (χ1) is 7.75. The lowest BCUT2D eigenvalue weighted by Gasteiger charge is -2.21. The van der Waals surface area contributed by atoms with Gasteiger partial charge in [-0.15, -0.1) is 0 Å². The van der Waals surface area contributed by atoms with Crippen molar-refractivity contribution < 1.29 is 4.79 Å². The van der Waals surface area contributed by atoms with Gasteiger partial charge in [-0.1, -0.05) is 0 Å². The van der Waals surface area contributed by atoms with E-state index in [0.29, 0.717) is 5.82 Å². The summed E-state index contributed by atoms with van der Waals surface area (Å²) in [5, 5.41) is 6.05. The maximum Gasteiger partial charge on any atom is 0.229 e. The molecule has 1 aliphatic heterocycles. The molecule has 2 N–H and O–H groups in total. The van der Waals surface area contributed by atoms with Crippen LogP contribution in [0.1, 0.15) is 12.8 Å². The summed E-state index contributed by atoms with van der Waals surface area (Å²) in [5.41, 5.74) is 0. The minimum absolute atomic E-state index is 0.0574. The van der Waals surface area contributed by atoms with E-state index >= 15 is 0 Å². The van der Waals surface area contributed by atoms with E-state index in [1.54, 1.807) is 12.3 Å². The average molecular weight is 284 g/mol. The van der Waals surface area contributed by atoms with Crippen LogP contribution in [0.4, 0.5) is 5.82 Å². The molecular weight excluding hydrogens is 270 g/mol. The van der Waals surface area contributed by atoms with Gasteiger partial charge in [-0.25, -0.2) is 4.98 Å². The number of carbonyl (C=O) groups is 1. The summed E-state index contributed by atoms with van der Waals surface area (Å²) in [7, 11) is 0. The summed E-state index contributed by atoms with van der Waals surface area (Å²) in [6.45, 7) is 1.78. The van der Waals surface area contributed by atoms with E-state index in [2.05, 4.69) is 31.5 Å². The van der Waals surface area contributed by atoms with Gasteiger partial charge in [0.15, 0.2) is 0 Å². The monoisotopic (exact) mass is 283 g/mol. The van der Waals surface area contributed by atoms with E-state index in [9.17, 15) is 4.79 Å². The Balaban J connectivity index is 1.93. The molecule has 1 amide bonds. The quantitative estimate of drug-likeness (QED) is 0.870. The molecule has 0 aromatic carbocycles. The van der Waals surface area contributed by atoms with Crippen molar-refractivity contribution in [1.29, 1.82) is 0 Å². The lowest BCUT2D eigenvalue weighted by atomic mass is 9.99. The van der Waals surface area contributed by atoms with E-state index < -0.39 is 0 Å². The van der Waals surface area contributed by atoms with Crippen LogP contribution in [0.25, 0.3) is 0 Å². The van der Waals surface area contributed by atoms with Crippen molar-refractivity contribution in [1.82, 2.24) is 10.3 Å². The molecule has 16 heavy (non-hydrogen) atoms. The molecule has 1 aliphatic rings. The molecule has 1 saturated heterocycles. The molecule has 0 bridgehead atoms. The zero-order valence-corrected chi connectivity index (χ0v) is 10.5. The number of amides is 1. The second-order valence-corrected chi connectivity index (χ2v) is 4.81. The smallest absolute Gasteiger partial charge is 0.229 e. The van der Waals surface area contributed by atoms with Crippen molar-refractivity contribution in [2.75, 3.05) is 18.4 Å². The number of aromatic nitrogens is 1. The van der Waals surface area contributed by atoms with Crippen molar-refractivity contribution in [2.45, 2.75) is 12.8 Å². The van der Waals surface area contributed by atoms with Gasteiger partial charge in [-0.3, -0.25) is 4.79 Å². The standard InChI is InChI=1S/C11H14BrN3O/c12-9-3-4-10(14-7-9)15-11(16)8-2-1-5-13-6-8/h3-4,7-8,13H,1-2,5-6H2,(H,14,15,16). The number of piperidine rings is 1. The summed E-state index contributed by atoms with van der Waals surface area (Å²) in [5.74, 6) is 0.736. The molecule has 1 aromatic rings.